The topological polar surface area (TPSA) is 62.7 Å². The lowest BCUT2D eigenvalue weighted by Crippen LogP contribution is -2.31. The molecule has 0 aromatic carbocycles. The van der Waals surface area contributed by atoms with E-state index in [1.807, 2.05) is 5.38 Å². The number of rotatable bonds is 4. The van der Waals surface area contributed by atoms with Gasteiger partial charge in [0.05, 0.1) is 18.2 Å². The zero-order valence-corrected chi connectivity index (χ0v) is 11.3. The summed E-state index contributed by atoms with van der Waals surface area (Å²) in [6.07, 6.45) is 2.23. The first-order valence-electron chi connectivity index (χ1n) is 6.21. The molecule has 1 aliphatic rings. The third-order valence-corrected chi connectivity index (χ3v) is 3.90. The average molecular weight is 270 g/mol. The second-order valence-corrected chi connectivity index (χ2v) is 5.23. The Morgan fingerprint density at radius 1 is 1.72 bits per heavy atom. The van der Waals surface area contributed by atoms with Crippen LogP contribution in [-0.4, -0.2) is 41.9 Å². The first-order valence-corrected chi connectivity index (χ1v) is 7.09. The highest BCUT2D eigenvalue weighted by molar-refractivity contribution is 7.13. The summed E-state index contributed by atoms with van der Waals surface area (Å²) in [6.45, 7) is 4.68. The fourth-order valence-corrected chi connectivity index (χ4v) is 2.86. The average Bonchev–Trinajstić information content (AvgIpc) is 2.64. The molecule has 0 bridgehead atoms. The molecule has 100 valence electrons. The molecule has 1 aromatic heterocycles. The zero-order valence-electron chi connectivity index (χ0n) is 10.5. The summed E-state index contributed by atoms with van der Waals surface area (Å²) < 4.78 is 5.72. The number of carbonyl (C=O) groups is 1. The second-order valence-electron chi connectivity index (χ2n) is 4.39. The smallest absolute Gasteiger partial charge is 0.309 e. The number of nitrogens with zero attached hydrogens (tertiary/aromatic N) is 2. The van der Waals surface area contributed by atoms with Gasteiger partial charge in [-0.15, -0.1) is 11.3 Å². The third-order valence-electron chi connectivity index (χ3n) is 2.95. The largest absolute Gasteiger partial charge is 0.481 e. The molecule has 18 heavy (non-hydrogen) atoms. The van der Waals surface area contributed by atoms with Crippen molar-refractivity contribution in [3.05, 3.63) is 11.1 Å². The molecule has 0 amide bonds. The fraction of sp³-hybridized carbons (Fsp3) is 0.667. The van der Waals surface area contributed by atoms with Crippen LogP contribution in [0.25, 0.3) is 0 Å². The highest BCUT2D eigenvalue weighted by Crippen LogP contribution is 2.23. The third kappa shape index (κ3) is 3.43. The van der Waals surface area contributed by atoms with E-state index in [4.69, 9.17) is 9.84 Å². The molecule has 0 aliphatic carbocycles. The van der Waals surface area contributed by atoms with Crippen LogP contribution < -0.4 is 4.90 Å². The van der Waals surface area contributed by atoms with Gasteiger partial charge in [0.25, 0.3) is 0 Å². The Morgan fingerprint density at radius 3 is 3.28 bits per heavy atom. The van der Waals surface area contributed by atoms with E-state index in [0.29, 0.717) is 5.69 Å². The van der Waals surface area contributed by atoms with Crippen LogP contribution in [0.1, 0.15) is 25.5 Å². The van der Waals surface area contributed by atoms with Crippen LogP contribution >= 0.6 is 11.3 Å². The quantitative estimate of drug-likeness (QED) is 0.903. The van der Waals surface area contributed by atoms with E-state index >= 15 is 0 Å². The highest BCUT2D eigenvalue weighted by atomic mass is 32.1. The predicted molar refractivity (Wildman–Crippen MR) is 70.3 cm³/mol. The standard InChI is InChI=1S/C12H18N2O3S/c1-2-10-7-14(4-3-5-17-10)12-13-9(8-18-12)6-11(15)16/h8,10H,2-7H2,1H3,(H,15,16). The molecule has 2 rings (SSSR count). The Labute approximate surface area is 110 Å². The van der Waals surface area contributed by atoms with Gasteiger partial charge in [0, 0.05) is 25.1 Å². The van der Waals surface area contributed by atoms with E-state index in [9.17, 15) is 4.79 Å². The molecule has 0 spiro atoms. The van der Waals surface area contributed by atoms with Crippen LogP contribution in [0.3, 0.4) is 0 Å². The summed E-state index contributed by atoms with van der Waals surface area (Å²) in [4.78, 5) is 17.2. The molecule has 2 heterocycles. The summed E-state index contributed by atoms with van der Waals surface area (Å²) in [6, 6.07) is 0. The number of carboxylic acids is 1. The van der Waals surface area contributed by atoms with Crippen molar-refractivity contribution in [2.75, 3.05) is 24.6 Å². The molecule has 1 atom stereocenters. The second kappa shape index (κ2) is 6.15. The summed E-state index contributed by atoms with van der Waals surface area (Å²) in [5.41, 5.74) is 0.640. The van der Waals surface area contributed by atoms with Crippen molar-refractivity contribution in [1.29, 1.82) is 0 Å². The SMILES string of the molecule is CCC1CN(c2nc(CC(=O)O)cs2)CCCO1. The van der Waals surface area contributed by atoms with Crippen molar-refractivity contribution >= 4 is 22.4 Å². The van der Waals surface area contributed by atoms with Crippen molar-refractivity contribution in [2.24, 2.45) is 0 Å². The maximum atomic E-state index is 10.6. The van der Waals surface area contributed by atoms with E-state index in [0.717, 1.165) is 37.7 Å². The Kier molecular flexibility index (Phi) is 4.54. The van der Waals surface area contributed by atoms with E-state index in [1.54, 1.807) is 0 Å². The van der Waals surface area contributed by atoms with Gasteiger partial charge in [-0.05, 0) is 12.8 Å². The lowest BCUT2D eigenvalue weighted by Gasteiger charge is -2.22. The van der Waals surface area contributed by atoms with E-state index in [2.05, 4.69) is 16.8 Å². The minimum Gasteiger partial charge on any atom is -0.481 e. The number of ether oxygens (including phenoxy) is 1. The Morgan fingerprint density at radius 2 is 2.56 bits per heavy atom. The van der Waals surface area contributed by atoms with Crippen molar-refractivity contribution in [2.45, 2.75) is 32.3 Å². The predicted octanol–water partition coefficient (Wildman–Crippen LogP) is 1.78. The lowest BCUT2D eigenvalue weighted by molar-refractivity contribution is -0.136. The zero-order chi connectivity index (χ0) is 13.0. The van der Waals surface area contributed by atoms with Gasteiger partial charge in [0.2, 0.25) is 0 Å². The monoisotopic (exact) mass is 270 g/mol. The van der Waals surface area contributed by atoms with E-state index < -0.39 is 5.97 Å². The minimum absolute atomic E-state index is 0.00194. The number of anilines is 1. The minimum atomic E-state index is -0.836. The summed E-state index contributed by atoms with van der Waals surface area (Å²) >= 11 is 1.52. The Bertz CT molecular complexity index is 408. The molecular weight excluding hydrogens is 252 g/mol. The summed E-state index contributed by atoms with van der Waals surface area (Å²) in [7, 11) is 0. The van der Waals surface area contributed by atoms with E-state index in [1.165, 1.54) is 11.3 Å². The molecule has 0 radical (unpaired) electrons. The normalized spacial score (nSPS) is 20.7. The van der Waals surface area contributed by atoms with Crippen molar-refractivity contribution in [3.8, 4) is 0 Å². The maximum absolute atomic E-state index is 10.6. The molecule has 0 saturated carbocycles. The number of aromatic nitrogens is 1. The number of aliphatic carboxylic acids is 1. The van der Waals surface area contributed by atoms with Crippen LogP contribution in [-0.2, 0) is 16.0 Å². The first-order chi connectivity index (χ1) is 8.69. The van der Waals surface area contributed by atoms with Crippen LogP contribution in [0.5, 0.6) is 0 Å². The molecule has 1 saturated heterocycles. The maximum Gasteiger partial charge on any atom is 0.309 e. The van der Waals surface area contributed by atoms with Gasteiger partial charge >= 0.3 is 5.97 Å². The van der Waals surface area contributed by atoms with Crippen LogP contribution in [0, 0.1) is 0 Å². The molecule has 1 aliphatic heterocycles. The van der Waals surface area contributed by atoms with Crippen molar-refractivity contribution in [3.63, 3.8) is 0 Å². The lowest BCUT2D eigenvalue weighted by atomic mass is 10.2. The number of hydrogen-bond donors (Lipinski definition) is 1. The van der Waals surface area contributed by atoms with Gasteiger partial charge in [0.15, 0.2) is 5.13 Å². The molecule has 1 aromatic rings. The molecule has 1 unspecified atom stereocenters. The first kappa shape index (κ1) is 13.3. The van der Waals surface area contributed by atoms with Gasteiger partial charge in [-0.2, -0.15) is 0 Å². The van der Waals surface area contributed by atoms with Gasteiger partial charge in [-0.1, -0.05) is 6.92 Å². The number of carboxylic acid groups (broad SMARTS) is 1. The Hall–Kier alpha value is -1.14. The highest BCUT2D eigenvalue weighted by Gasteiger charge is 2.20. The summed E-state index contributed by atoms with van der Waals surface area (Å²) in [5, 5.41) is 11.5. The molecule has 1 fully saturated rings. The van der Waals surface area contributed by atoms with E-state index in [-0.39, 0.29) is 12.5 Å². The van der Waals surface area contributed by atoms with Crippen molar-refractivity contribution in [1.82, 2.24) is 4.98 Å². The van der Waals surface area contributed by atoms with Crippen LogP contribution in [0.4, 0.5) is 5.13 Å². The number of hydrogen-bond acceptors (Lipinski definition) is 5. The van der Waals surface area contributed by atoms with Gasteiger partial charge in [-0.3, -0.25) is 4.79 Å². The fourth-order valence-electron chi connectivity index (χ4n) is 1.99. The van der Waals surface area contributed by atoms with Gasteiger partial charge < -0.3 is 14.7 Å². The van der Waals surface area contributed by atoms with Gasteiger partial charge in [-0.25, -0.2) is 4.98 Å². The van der Waals surface area contributed by atoms with Gasteiger partial charge in [0.1, 0.15) is 0 Å². The number of thiazole rings is 1. The molecule has 6 heteroatoms. The molecule has 5 nitrogen and oxygen atoms in total. The summed E-state index contributed by atoms with van der Waals surface area (Å²) in [5.74, 6) is -0.836. The van der Waals surface area contributed by atoms with Crippen LogP contribution in [0.15, 0.2) is 5.38 Å². The van der Waals surface area contributed by atoms with Crippen LogP contribution in [0.2, 0.25) is 0 Å². The van der Waals surface area contributed by atoms with Crippen molar-refractivity contribution < 1.29 is 14.6 Å². The molecule has 1 N–H and O–H groups in total. The molecular formula is C12H18N2O3S. The Balaban J connectivity index is 2.04.